The molecule has 162 valence electrons. The molecule has 1 aromatic carbocycles. The van der Waals surface area contributed by atoms with Crippen molar-refractivity contribution in [3.05, 3.63) is 29.6 Å². The number of guanidine groups is 1. The van der Waals surface area contributed by atoms with Crippen molar-refractivity contribution >= 4 is 29.9 Å². The molecule has 0 saturated heterocycles. The zero-order valence-electron chi connectivity index (χ0n) is 17.0. The van der Waals surface area contributed by atoms with Crippen LogP contribution in [0.4, 0.5) is 13.2 Å². The number of rotatable bonds is 11. The molecule has 0 radical (unpaired) electrons. The number of benzene rings is 1. The maximum Gasteiger partial charge on any atom is 0.387 e. The molecule has 1 unspecified atom stereocenters. The van der Waals surface area contributed by atoms with E-state index in [1.165, 1.54) is 18.2 Å². The number of hydrogen-bond acceptors (Lipinski definition) is 3. The highest BCUT2D eigenvalue weighted by atomic mass is 127. The van der Waals surface area contributed by atoms with Crippen molar-refractivity contribution in [1.82, 2.24) is 15.5 Å². The molecule has 0 saturated carbocycles. The number of halogens is 4. The van der Waals surface area contributed by atoms with Crippen molar-refractivity contribution in [3.63, 3.8) is 0 Å². The molecule has 0 aromatic heterocycles. The first-order chi connectivity index (χ1) is 12.9. The Hall–Kier alpha value is -1.23. The van der Waals surface area contributed by atoms with Gasteiger partial charge in [-0.05, 0) is 51.5 Å². The summed E-state index contributed by atoms with van der Waals surface area (Å²) in [5, 5.41) is 6.19. The first-order valence-electron chi connectivity index (χ1n) is 9.32. The van der Waals surface area contributed by atoms with Gasteiger partial charge in [0, 0.05) is 25.2 Å². The van der Waals surface area contributed by atoms with Crippen molar-refractivity contribution in [2.24, 2.45) is 4.99 Å². The minimum atomic E-state index is -3.01. The third kappa shape index (κ3) is 9.81. The summed E-state index contributed by atoms with van der Waals surface area (Å²) in [5.41, 5.74) is 0.0370. The molecule has 5 nitrogen and oxygen atoms in total. The molecular formula is C19H32F3IN4O. The lowest BCUT2D eigenvalue weighted by Crippen LogP contribution is -2.42. The molecule has 1 rings (SSSR count). The second-order valence-electron chi connectivity index (χ2n) is 6.24. The summed E-state index contributed by atoms with van der Waals surface area (Å²) in [6.07, 6.45) is 2.00. The van der Waals surface area contributed by atoms with Crippen LogP contribution >= 0.6 is 24.0 Å². The van der Waals surface area contributed by atoms with E-state index in [9.17, 15) is 13.2 Å². The summed E-state index contributed by atoms with van der Waals surface area (Å²) < 4.78 is 43.4. The Kier molecular flexibility index (Phi) is 14.1. The molecular weight excluding hydrogens is 484 g/mol. The quantitative estimate of drug-likeness (QED) is 0.263. The van der Waals surface area contributed by atoms with Crippen LogP contribution in [0.2, 0.25) is 0 Å². The molecule has 0 amide bonds. The van der Waals surface area contributed by atoms with Gasteiger partial charge in [-0.2, -0.15) is 8.78 Å². The van der Waals surface area contributed by atoms with Gasteiger partial charge >= 0.3 is 6.61 Å². The van der Waals surface area contributed by atoms with E-state index in [0.29, 0.717) is 5.96 Å². The second kappa shape index (κ2) is 14.7. The molecule has 2 N–H and O–H groups in total. The van der Waals surface area contributed by atoms with Gasteiger partial charge < -0.3 is 20.3 Å². The van der Waals surface area contributed by atoms with Crippen molar-refractivity contribution in [2.75, 3.05) is 26.7 Å². The van der Waals surface area contributed by atoms with Crippen molar-refractivity contribution in [3.8, 4) is 5.75 Å². The van der Waals surface area contributed by atoms with Crippen LogP contribution in [0.5, 0.6) is 5.75 Å². The fourth-order valence-electron chi connectivity index (χ4n) is 2.75. The van der Waals surface area contributed by atoms with Crippen LogP contribution in [0.25, 0.3) is 0 Å². The molecule has 0 spiro atoms. The van der Waals surface area contributed by atoms with E-state index in [0.717, 1.165) is 32.5 Å². The number of nitrogens with zero attached hydrogens (tertiary/aromatic N) is 2. The number of nitrogens with one attached hydrogen (secondary N) is 2. The van der Waals surface area contributed by atoms with E-state index in [2.05, 4.69) is 39.1 Å². The Morgan fingerprint density at radius 2 is 1.93 bits per heavy atom. The maximum atomic E-state index is 14.0. The molecule has 28 heavy (non-hydrogen) atoms. The summed E-state index contributed by atoms with van der Waals surface area (Å²) in [6, 6.07) is 4.03. The molecule has 1 aromatic rings. The van der Waals surface area contributed by atoms with Crippen molar-refractivity contribution in [2.45, 2.75) is 52.8 Å². The van der Waals surface area contributed by atoms with Gasteiger partial charge in [0.05, 0.1) is 0 Å². The topological polar surface area (TPSA) is 48.9 Å². The Balaban J connectivity index is 0.00000729. The summed E-state index contributed by atoms with van der Waals surface area (Å²) >= 11 is 0. The first-order valence-corrected chi connectivity index (χ1v) is 9.32. The molecule has 9 heteroatoms. The third-order valence-corrected chi connectivity index (χ3v) is 4.34. The van der Waals surface area contributed by atoms with Gasteiger partial charge in [-0.15, -0.1) is 24.0 Å². The lowest BCUT2D eigenvalue weighted by Gasteiger charge is -2.21. The Labute approximate surface area is 183 Å². The van der Waals surface area contributed by atoms with Gasteiger partial charge in [-0.3, -0.25) is 4.99 Å². The lowest BCUT2D eigenvalue weighted by molar-refractivity contribution is -0.0506. The van der Waals surface area contributed by atoms with Crippen LogP contribution in [0.3, 0.4) is 0 Å². The molecule has 0 aliphatic heterocycles. The third-order valence-electron chi connectivity index (χ3n) is 4.34. The highest BCUT2D eigenvalue weighted by molar-refractivity contribution is 14.0. The van der Waals surface area contributed by atoms with Gasteiger partial charge in [0.15, 0.2) is 5.96 Å². The predicted molar refractivity (Wildman–Crippen MR) is 118 cm³/mol. The SMILES string of the molecule is CCN(CC)CCCC(C)NC(=NC)NCc1c(F)cccc1OC(F)F.I. The standard InChI is InChI=1S/C19H31F3N4O.HI/c1-5-26(6-2)12-8-9-14(3)25-19(23-4)24-13-15-16(20)10-7-11-17(15)27-18(21)22;/h7,10-11,14,18H,5-6,8-9,12-13H2,1-4H3,(H2,23,24,25);1H. The van der Waals surface area contributed by atoms with Crippen LogP contribution in [-0.2, 0) is 6.54 Å². The zero-order chi connectivity index (χ0) is 20.2. The molecule has 0 heterocycles. The van der Waals surface area contributed by atoms with E-state index in [-0.39, 0.29) is 47.9 Å². The fraction of sp³-hybridized carbons (Fsp3) is 0.632. The Bertz CT molecular complexity index is 586. The zero-order valence-corrected chi connectivity index (χ0v) is 19.3. The molecule has 0 bridgehead atoms. The highest BCUT2D eigenvalue weighted by Gasteiger charge is 2.14. The van der Waals surface area contributed by atoms with Crippen LogP contribution in [-0.4, -0.2) is 50.2 Å². The van der Waals surface area contributed by atoms with E-state index in [4.69, 9.17) is 0 Å². The van der Waals surface area contributed by atoms with Crippen LogP contribution in [0.1, 0.15) is 39.2 Å². The van der Waals surface area contributed by atoms with Gasteiger partial charge in [0.25, 0.3) is 0 Å². The minimum Gasteiger partial charge on any atom is -0.434 e. The van der Waals surface area contributed by atoms with E-state index >= 15 is 0 Å². The normalized spacial score (nSPS) is 12.7. The average molecular weight is 516 g/mol. The summed E-state index contributed by atoms with van der Waals surface area (Å²) in [7, 11) is 1.61. The number of hydrogen-bond donors (Lipinski definition) is 2. The van der Waals surface area contributed by atoms with Gasteiger partial charge in [0.2, 0.25) is 0 Å². The monoisotopic (exact) mass is 516 g/mol. The summed E-state index contributed by atoms with van der Waals surface area (Å²) in [6.45, 7) is 6.42. The van der Waals surface area contributed by atoms with E-state index < -0.39 is 12.4 Å². The average Bonchev–Trinajstić information content (AvgIpc) is 2.63. The van der Waals surface area contributed by atoms with E-state index in [1.807, 2.05) is 6.92 Å². The first kappa shape index (κ1) is 26.8. The molecule has 0 aliphatic carbocycles. The highest BCUT2D eigenvalue weighted by Crippen LogP contribution is 2.23. The maximum absolute atomic E-state index is 14.0. The molecule has 0 fully saturated rings. The summed E-state index contributed by atoms with van der Waals surface area (Å²) in [5.74, 6) is -0.305. The lowest BCUT2D eigenvalue weighted by atomic mass is 10.1. The van der Waals surface area contributed by atoms with Crippen molar-refractivity contribution < 1.29 is 17.9 Å². The number of aliphatic imine (C=N–C) groups is 1. The van der Waals surface area contributed by atoms with Crippen LogP contribution in [0, 0.1) is 5.82 Å². The molecule has 0 aliphatic rings. The van der Waals surface area contributed by atoms with Crippen molar-refractivity contribution in [1.29, 1.82) is 0 Å². The van der Waals surface area contributed by atoms with Gasteiger partial charge in [-0.1, -0.05) is 19.9 Å². The van der Waals surface area contributed by atoms with Gasteiger partial charge in [-0.25, -0.2) is 4.39 Å². The van der Waals surface area contributed by atoms with Gasteiger partial charge in [0.1, 0.15) is 11.6 Å². The van der Waals surface area contributed by atoms with Crippen LogP contribution in [0.15, 0.2) is 23.2 Å². The Morgan fingerprint density at radius 3 is 2.50 bits per heavy atom. The minimum absolute atomic E-state index is 0. The van der Waals surface area contributed by atoms with E-state index in [1.54, 1.807) is 7.05 Å². The predicted octanol–water partition coefficient (Wildman–Crippen LogP) is 4.22. The van der Waals surface area contributed by atoms with Crippen LogP contribution < -0.4 is 15.4 Å². The second-order valence-corrected chi connectivity index (χ2v) is 6.24. The Morgan fingerprint density at radius 1 is 1.25 bits per heavy atom. The smallest absolute Gasteiger partial charge is 0.387 e. The molecule has 1 atom stereocenters. The largest absolute Gasteiger partial charge is 0.434 e. The number of ether oxygens (including phenoxy) is 1. The summed E-state index contributed by atoms with van der Waals surface area (Å²) in [4.78, 5) is 6.48. The fourth-order valence-corrected chi connectivity index (χ4v) is 2.75. The number of alkyl halides is 2.